The van der Waals surface area contributed by atoms with Crippen LogP contribution in [-0.4, -0.2) is 36.0 Å². The van der Waals surface area contributed by atoms with Gasteiger partial charge in [-0.1, -0.05) is 6.42 Å². The molecule has 0 bridgehead atoms. The van der Waals surface area contributed by atoms with Crippen molar-refractivity contribution in [3.63, 3.8) is 0 Å². The van der Waals surface area contributed by atoms with E-state index in [0.717, 1.165) is 11.0 Å². The maximum Gasteiger partial charge on any atom is 0.303 e. The molecular weight excluding hydrogens is 334 g/mol. The second-order valence-corrected chi connectivity index (χ2v) is 6.00. The van der Waals surface area contributed by atoms with Crippen molar-refractivity contribution in [2.24, 2.45) is 5.92 Å². The van der Waals surface area contributed by atoms with E-state index in [9.17, 15) is 23.2 Å². The van der Waals surface area contributed by atoms with E-state index in [-0.39, 0.29) is 36.9 Å². The molecule has 25 heavy (non-hydrogen) atoms. The molecule has 1 atom stereocenters. The highest BCUT2D eigenvalue weighted by Crippen LogP contribution is 2.27. The molecule has 2 N–H and O–H groups in total. The molecule has 1 aliphatic heterocycles. The molecule has 2 amide bonds. The van der Waals surface area contributed by atoms with Crippen LogP contribution in [0.1, 0.15) is 32.1 Å². The number of amides is 2. The van der Waals surface area contributed by atoms with Crippen LogP contribution in [-0.2, 0) is 14.4 Å². The minimum Gasteiger partial charge on any atom is -0.481 e. The van der Waals surface area contributed by atoms with Crippen molar-refractivity contribution >= 4 is 23.5 Å². The van der Waals surface area contributed by atoms with E-state index < -0.39 is 23.5 Å². The highest BCUT2D eigenvalue weighted by Gasteiger charge is 2.36. The lowest BCUT2D eigenvalue weighted by molar-refractivity contribution is -0.137. The molecule has 1 aliphatic rings. The predicted molar refractivity (Wildman–Crippen MR) is 85.9 cm³/mol. The number of carbonyl (C=O) groups is 3. The molecule has 136 valence electrons. The molecule has 1 heterocycles. The van der Waals surface area contributed by atoms with E-state index in [4.69, 9.17) is 5.11 Å². The summed E-state index contributed by atoms with van der Waals surface area (Å²) in [5.41, 5.74) is -0.0321. The number of carboxylic acid groups (broad SMARTS) is 1. The third kappa shape index (κ3) is 5.23. The fraction of sp³-hybridized carbons (Fsp3) is 0.471. The highest BCUT2D eigenvalue weighted by atomic mass is 19.1. The average molecular weight is 354 g/mol. The van der Waals surface area contributed by atoms with Gasteiger partial charge in [-0.05, 0) is 25.0 Å². The summed E-state index contributed by atoms with van der Waals surface area (Å²) < 4.78 is 26.8. The lowest BCUT2D eigenvalue weighted by atomic mass is 10.1. The van der Waals surface area contributed by atoms with Crippen LogP contribution in [0.5, 0.6) is 0 Å². The van der Waals surface area contributed by atoms with E-state index in [1.807, 2.05) is 0 Å². The summed E-state index contributed by atoms with van der Waals surface area (Å²) >= 11 is 0. The molecule has 0 radical (unpaired) electrons. The first-order valence-corrected chi connectivity index (χ1v) is 8.13. The van der Waals surface area contributed by atoms with Crippen molar-refractivity contribution < 1.29 is 28.3 Å². The van der Waals surface area contributed by atoms with Crippen molar-refractivity contribution in [3.8, 4) is 0 Å². The monoisotopic (exact) mass is 354 g/mol. The normalized spacial score (nSPS) is 17.0. The van der Waals surface area contributed by atoms with E-state index in [0.29, 0.717) is 31.9 Å². The molecule has 1 unspecified atom stereocenters. The van der Waals surface area contributed by atoms with Gasteiger partial charge >= 0.3 is 5.97 Å². The minimum atomic E-state index is -0.846. The topological polar surface area (TPSA) is 86.7 Å². The number of unbranched alkanes of at least 4 members (excludes halogenated alkanes) is 2. The number of carbonyl (C=O) groups excluding carboxylic acids is 2. The number of carboxylic acids is 1. The molecule has 1 aromatic rings. The Labute approximate surface area is 143 Å². The van der Waals surface area contributed by atoms with E-state index in [2.05, 4.69) is 5.32 Å². The smallest absolute Gasteiger partial charge is 0.303 e. The molecule has 0 spiro atoms. The van der Waals surface area contributed by atoms with Crippen LogP contribution in [0, 0.1) is 17.6 Å². The lowest BCUT2D eigenvalue weighted by Gasteiger charge is -2.17. The molecule has 8 heteroatoms. The van der Waals surface area contributed by atoms with Crippen LogP contribution < -0.4 is 10.2 Å². The molecule has 0 aromatic heterocycles. The molecule has 0 saturated carbocycles. The number of rotatable bonds is 8. The fourth-order valence-corrected chi connectivity index (χ4v) is 2.75. The van der Waals surface area contributed by atoms with Gasteiger partial charge in [0.15, 0.2) is 0 Å². The van der Waals surface area contributed by atoms with Crippen molar-refractivity contribution in [2.45, 2.75) is 32.1 Å². The third-order valence-electron chi connectivity index (χ3n) is 4.06. The van der Waals surface area contributed by atoms with Gasteiger partial charge in [-0.25, -0.2) is 8.78 Å². The van der Waals surface area contributed by atoms with Crippen LogP contribution in [0.15, 0.2) is 18.2 Å². The summed E-state index contributed by atoms with van der Waals surface area (Å²) in [5, 5.41) is 11.2. The number of hydrogen-bond acceptors (Lipinski definition) is 3. The summed E-state index contributed by atoms with van der Waals surface area (Å²) in [7, 11) is 0. The molecule has 1 aromatic carbocycles. The summed E-state index contributed by atoms with van der Waals surface area (Å²) in [4.78, 5) is 35.7. The van der Waals surface area contributed by atoms with E-state index in [1.54, 1.807) is 0 Å². The summed E-state index contributed by atoms with van der Waals surface area (Å²) in [6.45, 7) is 0.445. The zero-order valence-electron chi connectivity index (χ0n) is 13.6. The SMILES string of the molecule is O=C(O)CCCCCNC(=O)C1CC(=O)N(c2ccc(F)cc2F)C1. The number of aliphatic carboxylic acids is 1. The Bertz CT molecular complexity index is 666. The first kappa shape index (κ1) is 18.8. The van der Waals surface area contributed by atoms with E-state index >= 15 is 0 Å². The Balaban J connectivity index is 1.81. The van der Waals surface area contributed by atoms with Crippen molar-refractivity contribution in [1.29, 1.82) is 0 Å². The van der Waals surface area contributed by atoms with Gasteiger partial charge in [-0.2, -0.15) is 0 Å². The number of hydrogen-bond donors (Lipinski definition) is 2. The van der Waals surface area contributed by atoms with Crippen LogP contribution in [0.2, 0.25) is 0 Å². The number of anilines is 1. The van der Waals surface area contributed by atoms with Crippen LogP contribution in [0.25, 0.3) is 0 Å². The van der Waals surface area contributed by atoms with Crippen molar-refractivity contribution in [3.05, 3.63) is 29.8 Å². The molecule has 2 rings (SSSR count). The number of nitrogens with one attached hydrogen (secondary N) is 1. The average Bonchev–Trinajstić information content (AvgIpc) is 2.92. The standard InChI is InChI=1S/C17H20F2N2O4/c18-12-5-6-14(13(19)9-12)21-10-11(8-15(21)22)17(25)20-7-3-1-2-4-16(23)24/h5-6,9,11H,1-4,7-8,10H2,(H,20,25)(H,23,24). The first-order valence-electron chi connectivity index (χ1n) is 8.13. The predicted octanol–water partition coefficient (Wildman–Crippen LogP) is 2.08. The van der Waals surface area contributed by atoms with Crippen LogP contribution in [0.3, 0.4) is 0 Å². The zero-order valence-corrected chi connectivity index (χ0v) is 13.6. The summed E-state index contributed by atoms with van der Waals surface area (Å²) in [5.74, 6) is -3.68. The second-order valence-electron chi connectivity index (χ2n) is 6.00. The fourth-order valence-electron chi connectivity index (χ4n) is 2.75. The van der Waals surface area contributed by atoms with Gasteiger partial charge in [-0.3, -0.25) is 14.4 Å². The van der Waals surface area contributed by atoms with Crippen molar-refractivity contribution in [1.82, 2.24) is 5.32 Å². The molecular formula is C17H20F2N2O4. The molecule has 1 fully saturated rings. The van der Waals surface area contributed by atoms with Gasteiger partial charge in [-0.15, -0.1) is 0 Å². The maximum absolute atomic E-state index is 13.8. The second kappa shape index (κ2) is 8.55. The number of halogens is 2. The quantitative estimate of drug-likeness (QED) is 0.700. The number of benzene rings is 1. The largest absolute Gasteiger partial charge is 0.481 e. The Kier molecular flexibility index (Phi) is 6.44. The molecule has 1 saturated heterocycles. The molecule has 6 nitrogen and oxygen atoms in total. The Hall–Kier alpha value is -2.51. The Morgan fingerprint density at radius 3 is 2.68 bits per heavy atom. The first-order chi connectivity index (χ1) is 11.9. The van der Waals surface area contributed by atoms with Gasteiger partial charge in [0, 0.05) is 32.0 Å². The third-order valence-corrected chi connectivity index (χ3v) is 4.06. The molecule has 0 aliphatic carbocycles. The highest BCUT2D eigenvalue weighted by molar-refractivity contribution is 6.00. The maximum atomic E-state index is 13.8. The number of nitrogens with zero attached hydrogens (tertiary/aromatic N) is 1. The minimum absolute atomic E-state index is 0.0261. The summed E-state index contributed by atoms with van der Waals surface area (Å²) in [6.07, 6.45) is 1.95. The van der Waals surface area contributed by atoms with Gasteiger partial charge in [0.05, 0.1) is 11.6 Å². The van der Waals surface area contributed by atoms with Gasteiger partial charge in [0.2, 0.25) is 11.8 Å². The van der Waals surface area contributed by atoms with Crippen LogP contribution >= 0.6 is 0 Å². The van der Waals surface area contributed by atoms with Gasteiger partial charge in [0.1, 0.15) is 11.6 Å². The zero-order chi connectivity index (χ0) is 18.4. The Morgan fingerprint density at radius 2 is 2.00 bits per heavy atom. The Morgan fingerprint density at radius 1 is 1.24 bits per heavy atom. The van der Waals surface area contributed by atoms with Crippen molar-refractivity contribution in [2.75, 3.05) is 18.0 Å². The summed E-state index contributed by atoms with van der Waals surface area (Å²) in [6, 6.07) is 2.95. The van der Waals surface area contributed by atoms with Crippen LogP contribution in [0.4, 0.5) is 14.5 Å². The van der Waals surface area contributed by atoms with Gasteiger partial charge < -0.3 is 15.3 Å². The lowest BCUT2D eigenvalue weighted by Crippen LogP contribution is -2.33. The van der Waals surface area contributed by atoms with E-state index in [1.165, 1.54) is 6.07 Å². The van der Waals surface area contributed by atoms with Gasteiger partial charge in [0.25, 0.3) is 0 Å².